The highest BCUT2D eigenvalue weighted by atomic mass is 19.1. The van der Waals surface area contributed by atoms with Crippen LogP contribution in [-0.4, -0.2) is 35.6 Å². The van der Waals surface area contributed by atoms with E-state index in [2.05, 4.69) is 44.5 Å². The van der Waals surface area contributed by atoms with Crippen LogP contribution in [0.3, 0.4) is 0 Å². The summed E-state index contributed by atoms with van der Waals surface area (Å²) in [5.41, 5.74) is 4.39. The summed E-state index contributed by atoms with van der Waals surface area (Å²) in [4.78, 5) is 9.63. The van der Waals surface area contributed by atoms with Crippen molar-refractivity contribution in [1.29, 1.82) is 0 Å². The smallest absolute Gasteiger partial charge is 0.123 e. The van der Waals surface area contributed by atoms with Crippen LogP contribution >= 0.6 is 0 Å². The summed E-state index contributed by atoms with van der Waals surface area (Å²) in [7, 11) is 0. The maximum atomic E-state index is 13.4. The third kappa shape index (κ3) is 4.55. The third-order valence-electron chi connectivity index (χ3n) is 5.27. The second kappa shape index (κ2) is 8.35. The van der Waals surface area contributed by atoms with Crippen molar-refractivity contribution in [1.82, 2.24) is 15.3 Å². The number of nitrogens with one attached hydrogen (secondary N) is 2. The van der Waals surface area contributed by atoms with Gasteiger partial charge in [-0.1, -0.05) is 24.3 Å². The Bertz CT molecular complexity index is 837. The summed E-state index contributed by atoms with van der Waals surface area (Å²) in [5, 5.41) is 3.66. The van der Waals surface area contributed by atoms with Crippen LogP contribution in [0.5, 0.6) is 0 Å². The van der Waals surface area contributed by atoms with E-state index in [1.807, 2.05) is 12.3 Å². The molecule has 1 aliphatic heterocycles. The number of piperidine rings is 1. The predicted octanol–water partition coefficient (Wildman–Crippen LogP) is 4.02. The number of rotatable bonds is 6. The van der Waals surface area contributed by atoms with Crippen molar-refractivity contribution in [3.8, 4) is 11.1 Å². The van der Waals surface area contributed by atoms with Gasteiger partial charge in [0.05, 0.1) is 6.33 Å². The molecule has 0 unspecified atom stereocenters. The first kappa shape index (κ1) is 17.7. The molecular weight excluding hydrogens is 339 g/mol. The quantitative estimate of drug-likeness (QED) is 0.694. The lowest BCUT2D eigenvalue weighted by Crippen LogP contribution is -2.43. The van der Waals surface area contributed by atoms with Gasteiger partial charge < -0.3 is 15.2 Å². The molecule has 140 valence electrons. The first-order valence-electron chi connectivity index (χ1n) is 9.59. The van der Waals surface area contributed by atoms with Gasteiger partial charge in [-0.2, -0.15) is 0 Å². The van der Waals surface area contributed by atoms with E-state index in [0.29, 0.717) is 6.04 Å². The minimum Gasteiger partial charge on any atom is -0.371 e. The molecule has 0 bridgehead atoms. The summed E-state index contributed by atoms with van der Waals surface area (Å²) in [6.45, 7) is 3.09. The van der Waals surface area contributed by atoms with E-state index in [1.165, 1.54) is 17.4 Å². The van der Waals surface area contributed by atoms with Gasteiger partial charge in [0.15, 0.2) is 0 Å². The van der Waals surface area contributed by atoms with Crippen molar-refractivity contribution in [2.75, 3.05) is 24.5 Å². The van der Waals surface area contributed by atoms with Gasteiger partial charge in [0.25, 0.3) is 0 Å². The monoisotopic (exact) mass is 364 g/mol. The number of hydrogen-bond acceptors (Lipinski definition) is 3. The SMILES string of the molecule is Fc1cccc(-c2ccc(N3CCC(NCCc4cnc[nH]4)CC3)cc2)c1. The third-order valence-corrected chi connectivity index (χ3v) is 5.27. The van der Waals surface area contributed by atoms with E-state index in [0.717, 1.165) is 50.0 Å². The number of hydrogen-bond donors (Lipinski definition) is 2. The van der Waals surface area contributed by atoms with Gasteiger partial charge >= 0.3 is 0 Å². The van der Waals surface area contributed by atoms with Gasteiger partial charge in [-0.3, -0.25) is 0 Å². The highest BCUT2D eigenvalue weighted by Gasteiger charge is 2.19. The first-order valence-corrected chi connectivity index (χ1v) is 9.59. The maximum absolute atomic E-state index is 13.4. The molecule has 2 aromatic carbocycles. The maximum Gasteiger partial charge on any atom is 0.123 e. The van der Waals surface area contributed by atoms with E-state index in [-0.39, 0.29) is 5.82 Å². The van der Waals surface area contributed by atoms with Gasteiger partial charge in [0.2, 0.25) is 0 Å². The fraction of sp³-hybridized carbons (Fsp3) is 0.318. The Morgan fingerprint density at radius 2 is 1.89 bits per heavy atom. The fourth-order valence-corrected chi connectivity index (χ4v) is 3.71. The van der Waals surface area contributed by atoms with Crippen LogP contribution < -0.4 is 10.2 Å². The van der Waals surface area contributed by atoms with Crippen molar-refractivity contribution in [2.45, 2.75) is 25.3 Å². The molecule has 0 aliphatic carbocycles. The lowest BCUT2D eigenvalue weighted by atomic mass is 10.0. The van der Waals surface area contributed by atoms with Gasteiger partial charge in [-0.15, -0.1) is 0 Å². The van der Waals surface area contributed by atoms with Crippen LogP contribution in [0, 0.1) is 5.82 Å². The zero-order valence-corrected chi connectivity index (χ0v) is 15.4. The molecule has 3 aromatic rings. The average Bonchev–Trinajstić information content (AvgIpc) is 3.22. The van der Waals surface area contributed by atoms with Crippen LogP contribution in [0.15, 0.2) is 61.1 Å². The number of nitrogens with zero attached hydrogens (tertiary/aromatic N) is 2. The Labute approximate surface area is 159 Å². The van der Waals surface area contributed by atoms with Crippen molar-refractivity contribution >= 4 is 5.69 Å². The molecule has 0 amide bonds. The number of halogens is 1. The molecule has 2 heterocycles. The van der Waals surface area contributed by atoms with Gasteiger partial charge in [-0.05, 0) is 48.2 Å². The van der Waals surface area contributed by atoms with Gasteiger partial charge in [-0.25, -0.2) is 9.37 Å². The highest BCUT2D eigenvalue weighted by Crippen LogP contribution is 2.25. The van der Waals surface area contributed by atoms with E-state index in [4.69, 9.17) is 0 Å². The standard InChI is InChI=1S/C22H25FN4/c23-19-3-1-2-18(14-19)17-4-6-22(7-5-17)27-12-9-20(10-13-27)25-11-8-21-15-24-16-26-21/h1-7,14-16,20,25H,8-13H2,(H,24,26). The molecule has 0 atom stereocenters. The van der Waals surface area contributed by atoms with Gasteiger partial charge in [0, 0.05) is 49.7 Å². The zero-order chi connectivity index (χ0) is 18.5. The molecule has 4 rings (SSSR count). The molecule has 0 saturated carbocycles. The lowest BCUT2D eigenvalue weighted by molar-refractivity contribution is 0.417. The van der Waals surface area contributed by atoms with Crippen molar-refractivity contribution in [3.63, 3.8) is 0 Å². The molecule has 0 radical (unpaired) electrons. The minimum atomic E-state index is -0.196. The molecule has 0 spiro atoms. The predicted molar refractivity (Wildman–Crippen MR) is 107 cm³/mol. The molecule has 1 aromatic heterocycles. The second-order valence-electron chi connectivity index (χ2n) is 7.10. The van der Waals surface area contributed by atoms with E-state index in [1.54, 1.807) is 18.5 Å². The van der Waals surface area contributed by atoms with Crippen LogP contribution in [0.1, 0.15) is 18.5 Å². The topological polar surface area (TPSA) is 44.0 Å². The largest absolute Gasteiger partial charge is 0.371 e. The molecule has 27 heavy (non-hydrogen) atoms. The van der Waals surface area contributed by atoms with Crippen molar-refractivity contribution < 1.29 is 4.39 Å². The first-order chi connectivity index (χ1) is 13.3. The number of aromatic amines is 1. The Morgan fingerprint density at radius 3 is 2.59 bits per heavy atom. The van der Waals surface area contributed by atoms with E-state index in [9.17, 15) is 4.39 Å². The number of imidazole rings is 1. The molecule has 1 aliphatic rings. The molecule has 4 nitrogen and oxygen atoms in total. The molecule has 1 fully saturated rings. The fourth-order valence-electron chi connectivity index (χ4n) is 3.71. The summed E-state index contributed by atoms with van der Waals surface area (Å²) in [5.74, 6) is -0.196. The minimum absolute atomic E-state index is 0.196. The molecule has 1 saturated heterocycles. The summed E-state index contributed by atoms with van der Waals surface area (Å²) >= 11 is 0. The van der Waals surface area contributed by atoms with Gasteiger partial charge in [0.1, 0.15) is 5.82 Å². The normalized spacial score (nSPS) is 15.2. The van der Waals surface area contributed by atoms with Crippen LogP contribution in [-0.2, 0) is 6.42 Å². The molecule has 2 N–H and O–H groups in total. The summed E-state index contributed by atoms with van der Waals surface area (Å²) < 4.78 is 13.4. The van der Waals surface area contributed by atoms with Crippen molar-refractivity contribution in [2.24, 2.45) is 0 Å². The lowest BCUT2D eigenvalue weighted by Gasteiger charge is -2.34. The van der Waals surface area contributed by atoms with E-state index >= 15 is 0 Å². The Morgan fingerprint density at radius 1 is 1.07 bits per heavy atom. The number of aromatic nitrogens is 2. The van der Waals surface area contributed by atoms with Crippen LogP contribution in [0.25, 0.3) is 11.1 Å². The summed E-state index contributed by atoms with van der Waals surface area (Å²) in [6.07, 6.45) is 6.90. The highest BCUT2D eigenvalue weighted by molar-refractivity contribution is 5.66. The van der Waals surface area contributed by atoms with Crippen LogP contribution in [0.2, 0.25) is 0 Å². The second-order valence-corrected chi connectivity index (χ2v) is 7.10. The Balaban J connectivity index is 1.28. The molecular formula is C22H25FN4. The van der Waals surface area contributed by atoms with Crippen molar-refractivity contribution in [3.05, 3.63) is 72.6 Å². The Hall–Kier alpha value is -2.66. The zero-order valence-electron chi connectivity index (χ0n) is 15.4. The Kier molecular flexibility index (Phi) is 5.49. The average molecular weight is 364 g/mol. The van der Waals surface area contributed by atoms with E-state index < -0.39 is 0 Å². The van der Waals surface area contributed by atoms with Crippen LogP contribution in [0.4, 0.5) is 10.1 Å². The number of benzene rings is 2. The number of H-pyrrole nitrogens is 1. The summed E-state index contributed by atoms with van der Waals surface area (Å²) in [6, 6.07) is 15.8. The molecule has 5 heteroatoms. The number of anilines is 1.